The number of hydrogen-bond acceptors (Lipinski definition) is 3. The number of aliphatic hydroxyl groups is 1. The van der Waals surface area contributed by atoms with Crippen LogP contribution in [0, 0.1) is 5.82 Å². The number of carbonyl (C=O) groups excluding carboxylic acids is 2. The lowest BCUT2D eigenvalue weighted by atomic mass is 9.85. The first kappa shape index (κ1) is 23.1. The van der Waals surface area contributed by atoms with E-state index in [0.717, 1.165) is 5.56 Å². The molecule has 1 aliphatic heterocycles. The van der Waals surface area contributed by atoms with Crippen molar-refractivity contribution in [1.82, 2.24) is 0 Å². The van der Waals surface area contributed by atoms with Gasteiger partial charge >= 0.3 is 0 Å². The Bertz CT molecular complexity index is 1210. The molecule has 4 rings (SSSR count). The van der Waals surface area contributed by atoms with Gasteiger partial charge in [-0.3, -0.25) is 9.59 Å². The van der Waals surface area contributed by atoms with Crippen molar-refractivity contribution < 1.29 is 19.1 Å². The third-order valence-electron chi connectivity index (χ3n) is 6.11. The van der Waals surface area contributed by atoms with Crippen LogP contribution in [0.2, 0.25) is 5.02 Å². The molecule has 0 unspecified atom stereocenters. The van der Waals surface area contributed by atoms with Crippen molar-refractivity contribution in [2.75, 3.05) is 4.90 Å². The molecule has 0 spiro atoms. The predicted octanol–water partition coefficient (Wildman–Crippen LogP) is 5.78. The summed E-state index contributed by atoms with van der Waals surface area (Å²) in [6.07, 6.45) is -0.417. The first-order chi connectivity index (χ1) is 15.5. The van der Waals surface area contributed by atoms with Crippen molar-refractivity contribution >= 4 is 29.0 Å². The van der Waals surface area contributed by atoms with Gasteiger partial charge in [0, 0.05) is 21.7 Å². The summed E-state index contributed by atoms with van der Waals surface area (Å²) in [5, 5.41) is 11.7. The van der Waals surface area contributed by atoms with E-state index in [1.165, 1.54) is 17.0 Å². The standard InChI is InChI=1S/C27H25ClFNO3/c1-26(2,3)18-13-11-17(12-14-18)24(31)15-27(33)20-7-4-5-10-23(20)30(25(27)32)16-19-21(28)8-6-9-22(19)29/h4-14,33H,15-16H2,1-3H3/t27-/m1/s1. The van der Waals surface area contributed by atoms with Gasteiger partial charge in [-0.2, -0.15) is 0 Å². The van der Waals surface area contributed by atoms with Gasteiger partial charge in [-0.05, 0) is 29.2 Å². The molecular formula is C27H25ClFNO3. The zero-order valence-corrected chi connectivity index (χ0v) is 19.5. The van der Waals surface area contributed by atoms with Crippen LogP contribution in [0.25, 0.3) is 0 Å². The lowest BCUT2D eigenvalue weighted by molar-refractivity contribution is -0.136. The molecule has 4 nitrogen and oxygen atoms in total. The van der Waals surface area contributed by atoms with E-state index in [0.29, 0.717) is 16.8 Å². The van der Waals surface area contributed by atoms with Crippen LogP contribution in [0.3, 0.4) is 0 Å². The molecule has 1 aliphatic rings. The largest absolute Gasteiger partial charge is 0.375 e. The number of hydrogen-bond donors (Lipinski definition) is 1. The van der Waals surface area contributed by atoms with E-state index in [1.54, 1.807) is 42.5 Å². The fourth-order valence-electron chi connectivity index (χ4n) is 4.17. The first-order valence-electron chi connectivity index (χ1n) is 10.7. The molecular weight excluding hydrogens is 441 g/mol. The Hall–Kier alpha value is -3.02. The van der Waals surface area contributed by atoms with Crippen LogP contribution in [0.5, 0.6) is 0 Å². The highest BCUT2D eigenvalue weighted by atomic mass is 35.5. The smallest absolute Gasteiger partial charge is 0.264 e. The number of fused-ring (bicyclic) bond motifs is 1. The van der Waals surface area contributed by atoms with Crippen LogP contribution in [0.4, 0.5) is 10.1 Å². The fourth-order valence-corrected chi connectivity index (χ4v) is 4.39. The summed E-state index contributed by atoms with van der Waals surface area (Å²) in [4.78, 5) is 27.8. The van der Waals surface area contributed by atoms with Crippen molar-refractivity contribution in [3.05, 3.63) is 99.8 Å². The average molecular weight is 466 g/mol. The molecule has 1 N–H and O–H groups in total. The number of rotatable bonds is 5. The van der Waals surface area contributed by atoms with Gasteiger partial charge in [0.2, 0.25) is 0 Å². The topological polar surface area (TPSA) is 57.6 Å². The van der Waals surface area contributed by atoms with E-state index in [1.807, 2.05) is 12.1 Å². The van der Waals surface area contributed by atoms with Crippen molar-refractivity contribution in [3.8, 4) is 0 Å². The molecule has 1 atom stereocenters. The summed E-state index contributed by atoms with van der Waals surface area (Å²) in [7, 11) is 0. The van der Waals surface area contributed by atoms with Gasteiger partial charge in [-0.1, -0.05) is 80.9 Å². The number of anilines is 1. The van der Waals surface area contributed by atoms with E-state index in [4.69, 9.17) is 11.6 Å². The van der Waals surface area contributed by atoms with Crippen LogP contribution in [-0.2, 0) is 22.4 Å². The van der Waals surface area contributed by atoms with Gasteiger partial charge in [0.05, 0.1) is 18.7 Å². The van der Waals surface area contributed by atoms with Crippen LogP contribution in [0.1, 0.15) is 54.2 Å². The fraction of sp³-hybridized carbons (Fsp3) is 0.259. The van der Waals surface area contributed by atoms with E-state index in [2.05, 4.69) is 20.8 Å². The van der Waals surface area contributed by atoms with E-state index < -0.39 is 23.7 Å². The Kier molecular flexibility index (Phi) is 5.89. The average Bonchev–Trinajstić information content (AvgIpc) is 2.97. The summed E-state index contributed by atoms with van der Waals surface area (Å²) >= 11 is 6.17. The molecule has 0 radical (unpaired) electrons. The molecule has 0 bridgehead atoms. The number of nitrogens with zero attached hydrogens (tertiary/aromatic N) is 1. The number of carbonyl (C=O) groups is 2. The molecule has 0 aromatic heterocycles. The van der Waals surface area contributed by atoms with E-state index in [9.17, 15) is 19.1 Å². The summed E-state index contributed by atoms with van der Waals surface area (Å²) in [5.41, 5.74) is 0.284. The summed E-state index contributed by atoms with van der Waals surface area (Å²) in [6, 6.07) is 18.2. The number of halogens is 2. The summed E-state index contributed by atoms with van der Waals surface area (Å²) < 4.78 is 14.4. The quantitative estimate of drug-likeness (QED) is 0.485. The Morgan fingerprint density at radius 2 is 1.70 bits per heavy atom. The van der Waals surface area contributed by atoms with Crippen molar-refractivity contribution in [1.29, 1.82) is 0 Å². The molecule has 3 aromatic rings. The molecule has 0 saturated carbocycles. The Labute approximate surface area is 197 Å². The minimum absolute atomic E-state index is 0.0609. The highest BCUT2D eigenvalue weighted by Crippen LogP contribution is 2.44. The number of benzene rings is 3. The second-order valence-corrected chi connectivity index (χ2v) is 9.80. The molecule has 170 valence electrons. The SMILES string of the molecule is CC(C)(C)c1ccc(C(=O)C[C@]2(O)C(=O)N(Cc3c(F)cccc3Cl)c3ccccc32)cc1. The molecule has 1 heterocycles. The molecule has 0 aliphatic carbocycles. The normalized spacial score (nSPS) is 17.9. The van der Waals surface area contributed by atoms with Crippen molar-refractivity contribution in [2.24, 2.45) is 0 Å². The van der Waals surface area contributed by atoms with Crippen LogP contribution >= 0.6 is 11.6 Å². The highest BCUT2D eigenvalue weighted by molar-refractivity contribution is 6.31. The molecule has 3 aromatic carbocycles. The van der Waals surface area contributed by atoms with Gasteiger partial charge in [-0.15, -0.1) is 0 Å². The minimum atomic E-state index is -2.05. The van der Waals surface area contributed by atoms with Crippen molar-refractivity contribution in [3.63, 3.8) is 0 Å². The second kappa shape index (κ2) is 8.40. The summed E-state index contributed by atoms with van der Waals surface area (Å²) in [6.45, 7) is 6.09. The maximum absolute atomic E-state index is 14.4. The third kappa shape index (κ3) is 4.19. The number of amides is 1. The van der Waals surface area contributed by atoms with Crippen LogP contribution in [0.15, 0.2) is 66.7 Å². The number of Topliss-reactive ketones (excluding diaryl/α,β-unsaturated/α-hetero) is 1. The molecule has 33 heavy (non-hydrogen) atoms. The maximum atomic E-state index is 14.4. The van der Waals surface area contributed by atoms with Gasteiger partial charge in [0.15, 0.2) is 11.4 Å². The van der Waals surface area contributed by atoms with Gasteiger partial charge < -0.3 is 10.0 Å². The highest BCUT2D eigenvalue weighted by Gasteiger charge is 2.51. The van der Waals surface area contributed by atoms with Gasteiger partial charge in [0.1, 0.15) is 5.82 Å². The molecule has 0 fully saturated rings. The monoisotopic (exact) mass is 465 g/mol. The van der Waals surface area contributed by atoms with Crippen LogP contribution in [-0.4, -0.2) is 16.8 Å². The summed E-state index contributed by atoms with van der Waals surface area (Å²) in [5.74, 6) is -1.58. The number of ketones is 1. The van der Waals surface area contributed by atoms with E-state index in [-0.39, 0.29) is 28.3 Å². The number of para-hydroxylation sites is 1. The van der Waals surface area contributed by atoms with Gasteiger partial charge in [0.25, 0.3) is 5.91 Å². The zero-order valence-electron chi connectivity index (χ0n) is 18.7. The van der Waals surface area contributed by atoms with Crippen LogP contribution < -0.4 is 4.90 Å². The van der Waals surface area contributed by atoms with E-state index >= 15 is 0 Å². The Morgan fingerprint density at radius 3 is 2.33 bits per heavy atom. The lowest BCUT2D eigenvalue weighted by Crippen LogP contribution is -2.41. The first-order valence-corrected chi connectivity index (χ1v) is 11.1. The maximum Gasteiger partial charge on any atom is 0.264 e. The molecule has 1 amide bonds. The predicted molar refractivity (Wildman–Crippen MR) is 127 cm³/mol. The lowest BCUT2D eigenvalue weighted by Gasteiger charge is -2.23. The zero-order chi connectivity index (χ0) is 24.0. The Morgan fingerprint density at radius 1 is 1.03 bits per heavy atom. The Balaban J connectivity index is 1.66. The molecule has 0 saturated heterocycles. The van der Waals surface area contributed by atoms with Gasteiger partial charge in [-0.25, -0.2) is 4.39 Å². The molecule has 6 heteroatoms. The second-order valence-electron chi connectivity index (χ2n) is 9.40. The third-order valence-corrected chi connectivity index (χ3v) is 6.46. The van der Waals surface area contributed by atoms with Crippen molar-refractivity contribution in [2.45, 2.75) is 44.8 Å². The minimum Gasteiger partial charge on any atom is -0.375 e.